The van der Waals surface area contributed by atoms with Crippen LogP contribution in [0.2, 0.25) is 0 Å². The summed E-state index contributed by atoms with van der Waals surface area (Å²) in [7, 11) is 0. The maximum atomic E-state index is 13.0. The van der Waals surface area contributed by atoms with Gasteiger partial charge in [-0.2, -0.15) is 13.2 Å². The summed E-state index contributed by atoms with van der Waals surface area (Å²) in [6.45, 7) is 4.88. The monoisotopic (exact) mass is 451 g/mol. The first-order valence-electron chi connectivity index (χ1n) is 11.6. The molecule has 32 heavy (non-hydrogen) atoms. The topological polar surface area (TPSA) is 44.8 Å². The van der Waals surface area contributed by atoms with Gasteiger partial charge < -0.3 is 15.0 Å². The average Bonchev–Trinajstić information content (AvgIpc) is 3.34. The van der Waals surface area contributed by atoms with Crippen molar-refractivity contribution in [3.63, 3.8) is 0 Å². The first-order chi connectivity index (χ1) is 15.4. The maximum absolute atomic E-state index is 13.0. The Bertz CT molecular complexity index is 811. The lowest BCUT2D eigenvalue weighted by molar-refractivity contribution is -0.137. The Kier molecular flexibility index (Phi) is 7.28. The van der Waals surface area contributed by atoms with Gasteiger partial charge in [-0.1, -0.05) is 6.07 Å². The van der Waals surface area contributed by atoms with E-state index in [2.05, 4.69) is 10.2 Å². The summed E-state index contributed by atoms with van der Waals surface area (Å²) >= 11 is 0. The number of nitrogens with zero attached hydrogens (tertiary/aromatic N) is 2. The van der Waals surface area contributed by atoms with E-state index in [1.807, 2.05) is 4.90 Å². The molecule has 4 rings (SSSR count). The van der Waals surface area contributed by atoms with Crippen LogP contribution in [0.4, 0.5) is 18.9 Å². The van der Waals surface area contributed by atoms with E-state index in [1.165, 1.54) is 12.1 Å². The third kappa shape index (κ3) is 5.97. The van der Waals surface area contributed by atoms with Gasteiger partial charge in [-0.15, -0.1) is 0 Å². The molecule has 1 amide bonds. The molecule has 1 N–H and O–H groups in total. The quantitative estimate of drug-likeness (QED) is 0.704. The third-order valence-electron chi connectivity index (χ3n) is 6.95. The molecule has 0 unspecified atom stereocenters. The fourth-order valence-corrected chi connectivity index (χ4v) is 4.90. The first-order valence-corrected chi connectivity index (χ1v) is 11.6. The van der Waals surface area contributed by atoms with Gasteiger partial charge in [0.25, 0.3) is 5.91 Å². The Morgan fingerprint density at radius 3 is 2.50 bits per heavy atom. The van der Waals surface area contributed by atoms with Crippen LogP contribution in [-0.2, 0) is 15.7 Å². The molecule has 2 fully saturated rings. The van der Waals surface area contributed by atoms with E-state index < -0.39 is 11.7 Å². The van der Waals surface area contributed by atoms with Crippen LogP contribution in [0.25, 0.3) is 0 Å². The van der Waals surface area contributed by atoms with Crippen LogP contribution in [-0.4, -0.2) is 56.2 Å². The number of piperazine rings is 1. The second-order valence-electron chi connectivity index (χ2n) is 9.12. The van der Waals surface area contributed by atoms with Gasteiger partial charge in [-0.3, -0.25) is 9.69 Å². The Morgan fingerprint density at radius 1 is 1.09 bits per heavy atom. The van der Waals surface area contributed by atoms with Crippen LogP contribution in [0.1, 0.15) is 44.1 Å². The molecule has 1 aliphatic carbocycles. The molecule has 0 aromatic heterocycles. The molecule has 3 aliphatic rings. The van der Waals surface area contributed by atoms with Crippen molar-refractivity contribution >= 4 is 11.6 Å². The van der Waals surface area contributed by atoms with Gasteiger partial charge in [0.2, 0.25) is 0 Å². The minimum absolute atomic E-state index is 0.0181. The van der Waals surface area contributed by atoms with E-state index in [0.29, 0.717) is 24.6 Å². The second kappa shape index (κ2) is 10.1. The van der Waals surface area contributed by atoms with Gasteiger partial charge in [-0.25, -0.2) is 0 Å². The van der Waals surface area contributed by atoms with Crippen LogP contribution in [0.15, 0.2) is 36.1 Å². The van der Waals surface area contributed by atoms with Gasteiger partial charge in [0.05, 0.1) is 24.0 Å². The number of hydrogen-bond acceptors (Lipinski definition) is 4. The van der Waals surface area contributed by atoms with Crippen LogP contribution >= 0.6 is 0 Å². The molecule has 0 radical (unpaired) electrons. The van der Waals surface area contributed by atoms with E-state index in [1.54, 1.807) is 12.3 Å². The van der Waals surface area contributed by atoms with Crippen LogP contribution < -0.4 is 10.2 Å². The number of anilines is 1. The summed E-state index contributed by atoms with van der Waals surface area (Å²) in [6, 6.07) is 5.89. The standard InChI is InChI=1S/C24H32F3N3O2/c25-24(26,27)20-2-1-3-22(16-20)30-13-11-29(12-14-30)10-8-18-4-6-21(7-5-18)28-23(31)19-9-15-32-17-19/h1-3,16-18,21H,4-15H2,(H,28,31)/t18-,21-. The number of halogens is 3. The van der Waals surface area contributed by atoms with E-state index in [0.717, 1.165) is 76.5 Å². The lowest BCUT2D eigenvalue weighted by Gasteiger charge is -2.37. The highest BCUT2D eigenvalue weighted by Gasteiger charge is 2.31. The summed E-state index contributed by atoms with van der Waals surface area (Å²) in [5.74, 6) is 0.697. The summed E-state index contributed by atoms with van der Waals surface area (Å²) in [6.07, 6.45) is 3.41. The Labute approximate surface area is 187 Å². The third-order valence-corrected chi connectivity index (χ3v) is 6.95. The molecule has 0 spiro atoms. The molecule has 1 saturated carbocycles. The summed E-state index contributed by atoms with van der Waals surface area (Å²) < 4.78 is 44.1. The van der Waals surface area contributed by atoms with Crippen LogP contribution in [0, 0.1) is 5.92 Å². The molecular weight excluding hydrogens is 419 g/mol. The van der Waals surface area contributed by atoms with Crippen molar-refractivity contribution in [2.24, 2.45) is 5.92 Å². The average molecular weight is 452 g/mol. The molecule has 5 nitrogen and oxygen atoms in total. The van der Waals surface area contributed by atoms with Crippen molar-refractivity contribution in [1.82, 2.24) is 10.2 Å². The molecule has 176 valence electrons. The summed E-state index contributed by atoms with van der Waals surface area (Å²) in [5.41, 5.74) is 0.814. The van der Waals surface area contributed by atoms with Crippen molar-refractivity contribution in [2.75, 3.05) is 44.2 Å². The minimum Gasteiger partial charge on any atom is -0.500 e. The largest absolute Gasteiger partial charge is 0.500 e. The molecule has 0 bridgehead atoms. The normalized spacial score (nSPS) is 24.7. The molecule has 0 atom stereocenters. The van der Waals surface area contributed by atoms with Crippen LogP contribution in [0.5, 0.6) is 0 Å². The Hall–Kier alpha value is -2.22. The predicted molar refractivity (Wildman–Crippen MR) is 117 cm³/mol. The molecule has 8 heteroatoms. The van der Waals surface area contributed by atoms with E-state index >= 15 is 0 Å². The van der Waals surface area contributed by atoms with Gasteiger partial charge >= 0.3 is 6.18 Å². The van der Waals surface area contributed by atoms with E-state index in [9.17, 15) is 18.0 Å². The SMILES string of the molecule is O=C(N[C@H]1CC[C@H](CCN2CCN(c3cccc(C(F)(F)F)c3)CC2)CC1)C1=COCC1. The molecule has 1 aromatic carbocycles. The van der Waals surface area contributed by atoms with Crippen LogP contribution in [0.3, 0.4) is 0 Å². The number of alkyl halides is 3. The highest BCUT2D eigenvalue weighted by Crippen LogP contribution is 2.32. The fraction of sp³-hybridized carbons (Fsp3) is 0.625. The van der Waals surface area contributed by atoms with Gasteiger partial charge in [0.1, 0.15) is 0 Å². The number of rotatable bonds is 6. The first kappa shape index (κ1) is 23.0. The minimum atomic E-state index is -4.30. The number of nitrogens with one attached hydrogen (secondary N) is 1. The van der Waals surface area contributed by atoms with Crippen molar-refractivity contribution in [2.45, 2.75) is 50.7 Å². The number of carbonyl (C=O) groups is 1. The molecule has 1 aromatic rings. The number of ether oxygens (including phenoxy) is 1. The van der Waals surface area contributed by atoms with Crippen molar-refractivity contribution < 1.29 is 22.7 Å². The lowest BCUT2D eigenvalue weighted by atomic mass is 9.84. The zero-order chi connectivity index (χ0) is 22.6. The smallest absolute Gasteiger partial charge is 0.416 e. The van der Waals surface area contributed by atoms with Gasteiger partial charge in [-0.05, 0) is 62.8 Å². The molecule has 2 heterocycles. The van der Waals surface area contributed by atoms with Crippen molar-refractivity contribution in [1.29, 1.82) is 0 Å². The van der Waals surface area contributed by atoms with Gasteiger partial charge in [0, 0.05) is 44.3 Å². The number of amides is 1. The number of benzene rings is 1. The predicted octanol–water partition coefficient (Wildman–Crippen LogP) is 4.20. The molecule has 1 saturated heterocycles. The lowest BCUT2D eigenvalue weighted by Crippen LogP contribution is -2.47. The zero-order valence-electron chi connectivity index (χ0n) is 18.4. The van der Waals surface area contributed by atoms with E-state index in [-0.39, 0.29) is 11.9 Å². The second-order valence-corrected chi connectivity index (χ2v) is 9.12. The molecule has 2 aliphatic heterocycles. The Morgan fingerprint density at radius 2 is 1.84 bits per heavy atom. The van der Waals surface area contributed by atoms with Gasteiger partial charge in [0.15, 0.2) is 0 Å². The fourth-order valence-electron chi connectivity index (χ4n) is 4.90. The maximum Gasteiger partial charge on any atom is 0.416 e. The van der Waals surface area contributed by atoms with Crippen molar-refractivity contribution in [3.05, 3.63) is 41.7 Å². The zero-order valence-corrected chi connectivity index (χ0v) is 18.4. The molecular formula is C24H32F3N3O2. The Balaban J connectivity index is 1.15. The summed E-state index contributed by atoms with van der Waals surface area (Å²) in [4.78, 5) is 16.7. The summed E-state index contributed by atoms with van der Waals surface area (Å²) in [5, 5.41) is 3.15. The van der Waals surface area contributed by atoms with Crippen molar-refractivity contribution in [3.8, 4) is 0 Å². The number of carbonyl (C=O) groups excluding carboxylic acids is 1. The highest BCUT2D eigenvalue weighted by molar-refractivity contribution is 5.93. The highest BCUT2D eigenvalue weighted by atomic mass is 19.4. The van der Waals surface area contributed by atoms with E-state index in [4.69, 9.17) is 4.74 Å². The number of hydrogen-bond donors (Lipinski definition) is 1.